The van der Waals surface area contributed by atoms with E-state index in [2.05, 4.69) is 9.72 Å². The van der Waals surface area contributed by atoms with Crippen molar-refractivity contribution < 1.29 is 35.9 Å². The molecule has 0 saturated heterocycles. The van der Waals surface area contributed by atoms with Crippen molar-refractivity contribution in [1.29, 1.82) is 0 Å². The number of rotatable bonds is 4. The highest BCUT2D eigenvalue weighted by atomic mass is 32.2. The number of para-hydroxylation sites is 1. The van der Waals surface area contributed by atoms with E-state index >= 15 is 0 Å². The fraction of sp³-hybridized carbons (Fsp3) is 0.250. The monoisotopic (exact) mass is 476 g/mol. The van der Waals surface area contributed by atoms with Crippen molar-refractivity contribution >= 4 is 28.6 Å². The van der Waals surface area contributed by atoms with Gasteiger partial charge in [-0.25, -0.2) is 4.98 Å². The van der Waals surface area contributed by atoms with E-state index in [4.69, 9.17) is 0 Å². The van der Waals surface area contributed by atoms with Crippen LogP contribution in [0.4, 0.5) is 26.3 Å². The largest absolute Gasteiger partial charge is 0.468 e. The van der Waals surface area contributed by atoms with Crippen LogP contribution in [0.15, 0.2) is 52.4 Å². The van der Waals surface area contributed by atoms with E-state index in [1.807, 2.05) is 0 Å². The number of alkyl halides is 6. The Morgan fingerprint density at radius 2 is 1.72 bits per heavy atom. The van der Waals surface area contributed by atoms with Gasteiger partial charge < -0.3 is 4.74 Å². The molecule has 3 rings (SSSR count). The minimum absolute atomic E-state index is 0.104. The third kappa shape index (κ3) is 4.59. The Morgan fingerprint density at radius 3 is 2.31 bits per heavy atom. The lowest BCUT2D eigenvalue weighted by Crippen LogP contribution is -2.26. The normalized spacial score (nSPS) is 13.2. The third-order valence-corrected chi connectivity index (χ3v) is 5.46. The first kappa shape index (κ1) is 23.6. The molecule has 170 valence electrons. The van der Waals surface area contributed by atoms with Crippen molar-refractivity contribution in [3.63, 3.8) is 0 Å². The fourth-order valence-corrected chi connectivity index (χ4v) is 3.86. The van der Waals surface area contributed by atoms with Gasteiger partial charge in [-0.3, -0.25) is 14.2 Å². The van der Waals surface area contributed by atoms with Gasteiger partial charge in [-0.1, -0.05) is 23.9 Å². The van der Waals surface area contributed by atoms with Crippen LogP contribution in [-0.4, -0.2) is 27.9 Å². The van der Waals surface area contributed by atoms with E-state index in [1.165, 1.54) is 31.2 Å². The number of fused-ring (bicyclic) bond motifs is 1. The number of ether oxygens (including phenoxy) is 1. The summed E-state index contributed by atoms with van der Waals surface area (Å²) in [6, 6.07) is 6.48. The lowest BCUT2D eigenvalue weighted by atomic mass is 10.1. The molecule has 12 heteroatoms. The number of nitrogens with zero attached hydrogens (tertiary/aromatic N) is 2. The molecule has 0 saturated carbocycles. The Hall–Kier alpha value is -3.02. The Labute approximate surface area is 181 Å². The Balaban J connectivity index is 2.41. The Morgan fingerprint density at radius 1 is 1.06 bits per heavy atom. The lowest BCUT2D eigenvalue weighted by Gasteiger charge is -2.20. The molecule has 0 aliphatic rings. The molecule has 2 aromatic carbocycles. The number of carbonyl (C=O) groups is 1. The summed E-state index contributed by atoms with van der Waals surface area (Å²) >= 11 is 0.588. The Bertz CT molecular complexity index is 1240. The highest BCUT2D eigenvalue weighted by molar-refractivity contribution is 8.00. The molecule has 0 spiro atoms. The average molecular weight is 476 g/mol. The van der Waals surface area contributed by atoms with Gasteiger partial charge in [0.2, 0.25) is 0 Å². The van der Waals surface area contributed by atoms with Gasteiger partial charge in [0.05, 0.1) is 34.8 Å². The Kier molecular flexibility index (Phi) is 6.27. The van der Waals surface area contributed by atoms with Crippen LogP contribution in [0.1, 0.15) is 18.1 Å². The second-order valence-corrected chi connectivity index (χ2v) is 7.87. The first-order valence-corrected chi connectivity index (χ1v) is 9.77. The molecular weight excluding hydrogens is 462 g/mol. The van der Waals surface area contributed by atoms with Crippen LogP contribution in [-0.2, 0) is 21.9 Å². The van der Waals surface area contributed by atoms with Crippen LogP contribution in [0.5, 0.6) is 0 Å². The second-order valence-electron chi connectivity index (χ2n) is 6.56. The van der Waals surface area contributed by atoms with Crippen molar-refractivity contribution in [3.8, 4) is 5.69 Å². The minimum Gasteiger partial charge on any atom is -0.468 e. The molecule has 0 radical (unpaired) electrons. The molecule has 0 fully saturated rings. The van der Waals surface area contributed by atoms with Crippen molar-refractivity contribution in [1.82, 2.24) is 9.55 Å². The number of aromatic nitrogens is 2. The SMILES string of the molecule is COC(=O)[C@@H](C)Sc1nc2ccccc2c(=O)n1-c1cc(C(F)(F)F)ccc1C(F)(F)F. The van der Waals surface area contributed by atoms with Crippen LogP contribution in [0.25, 0.3) is 16.6 Å². The highest BCUT2D eigenvalue weighted by Crippen LogP contribution is 2.39. The maximum Gasteiger partial charge on any atom is 0.418 e. The van der Waals surface area contributed by atoms with E-state index in [1.54, 1.807) is 0 Å². The molecule has 0 aliphatic heterocycles. The third-order valence-electron chi connectivity index (χ3n) is 4.43. The van der Waals surface area contributed by atoms with Crippen molar-refractivity contribution in [2.75, 3.05) is 7.11 Å². The molecule has 0 unspecified atom stereocenters. The van der Waals surface area contributed by atoms with E-state index in [-0.39, 0.29) is 29.1 Å². The number of thioether (sulfide) groups is 1. The first-order valence-electron chi connectivity index (χ1n) is 8.89. The fourth-order valence-electron chi connectivity index (χ4n) is 2.91. The van der Waals surface area contributed by atoms with Gasteiger partial charge in [0, 0.05) is 0 Å². The topological polar surface area (TPSA) is 61.2 Å². The second kappa shape index (κ2) is 8.49. The van der Waals surface area contributed by atoms with Gasteiger partial charge in [0.15, 0.2) is 5.16 Å². The smallest absolute Gasteiger partial charge is 0.418 e. The van der Waals surface area contributed by atoms with Gasteiger partial charge in [-0.2, -0.15) is 26.3 Å². The van der Waals surface area contributed by atoms with Gasteiger partial charge in [-0.05, 0) is 37.3 Å². The number of methoxy groups -OCH3 is 1. The summed E-state index contributed by atoms with van der Waals surface area (Å²) in [4.78, 5) is 29.1. The summed E-state index contributed by atoms with van der Waals surface area (Å²) in [5, 5.41) is -1.51. The zero-order valence-electron chi connectivity index (χ0n) is 16.4. The maximum atomic E-state index is 13.7. The lowest BCUT2D eigenvalue weighted by molar-refractivity contribution is -0.141. The predicted molar refractivity (Wildman–Crippen MR) is 105 cm³/mol. The van der Waals surface area contributed by atoms with Gasteiger partial charge in [-0.15, -0.1) is 0 Å². The number of hydrogen-bond donors (Lipinski definition) is 0. The van der Waals surface area contributed by atoms with E-state index in [0.717, 1.165) is 7.11 Å². The van der Waals surface area contributed by atoms with E-state index in [9.17, 15) is 35.9 Å². The highest BCUT2D eigenvalue weighted by Gasteiger charge is 2.38. The maximum absolute atomic E-state index is 13.7. The summed E-state index contributed by atoms with van der Waals surface area (Å²) in [7, 11) is 1.09. The zero-order chi connectivity index (χ0) is 23.8. The summed E-state index contributed by atoms with van der Waals surface area (Å²) < 4.78 is 85.9. The van der Waals surface area contributed by atoms with Crippen molar-refractivity contribution in [3.05, 3.63) is 63.9 Å². The summed E-state index contributed by atoms with van der Waals surface area (Å²) in [5.74, 6) is -0.760. The number of halogens is 6. The number of carbonyl (C=O) groups excluding carboxylic acids is 1. The molecule has 1 heterocycles. The summed E-state index contributed by atoms with van der Waals surface area (Å²) in [5.41, 5.74) is -4.79. The van der Waals surface area contributed by atoms with Gasteiger partial charge in [0.1, 0.15) is 5.25 Å². The van der Waals surface area contributed by atoms with Crippen molar-refractivity contribution in [2.24, 2.45) is 0 Å². The first-order chi connectivity index (χ1) is 14.8. The quantitative estimate of drug-likeness (QED) is 0.228. The molecule has 0 N–H and O–H groups in total. The van der Waals surface area contributed by atoms with Crippen LogP contribution < -0.4 is 5.56 Å². The molecule has 0 amide bonds. The summed E-state index contributed by atoms with van der Waals surface area (Å²) in [6.45, 7) is 1.36. The molecule has 3 aromatic rings. The van der Waals surface area contributed by atoms with Crippen LogP contribution in [0.3, 0.4) is 0 Å². The van der Waals surface area contributed by atoms with Gasteiger partial charge in [0.25, 0.3) is 5.56 Å². The van der Waals surface area contributed by atoms with E-state index in [0.29, 0.717) is 16.3 Å². The molecule has 32 heavy (non-hydrogen) atoms. The molecule has 1 aromatic heterocycles. The molecule has 1 atom stereocenters. The molecular formula is C20H14F6N2O3S. The van der Waals surface area contributed by atoms with Crippen LogP contribution in [0.2, 0.25) is 0 Å². The summed E-state index contributed by atoms with van der Waals surface area (Å²) in [6.07, 6.45) is -10.0. The van der Waals surface area contributed by atoms with Crippen LogP contribution in [0, 0.1) is 0 Å². The predicted octanol–water partition coefficient (Wildman–Crippen LogP) is 5.08. The van der Waals surface area contributed by atoms with Crippen LogP contribution >= 0.6 is 11.8 Å². The zero-order valence-corrected chi connectivity index (χ0v) is 17.2. The molecule has 5 nitrogen and oxygen atoms in total. The number of esters is 1. The number of benzene rings is 2. The van der Waals surface area contributed by atoms with Crippen molar-refractivity contribution in [2.45, 2.75) is 29.7 Å². The van der Waals surface area contributed by atoms with Gasteiger partial charge >= 0.3 is 18.3 Å². The standard InChI is InChI=1S/C20H14F6N2O3S/c1-10(17(30)31-2)32-18-27-14-6-4-3-5-12(14)16(29)28(18)15-9-11(19(21,22)23)7-8-13(15)20(24,25)26/h3-10H,1-2H3/t10-/m1/s1. The average Bonchev–Trinajstić information content (AvgIpc) is 2.71. The van der Waals surface area contributed by atoms with E-state index < -0.39 is 51.1 Å². The number of hydrogen-bond acceptors (Lipinski definition) is 5. The minimum atomic E-state index is -5.07. The molecule has 0 bridgehead atoms. The molecule has 0 aliphatic carbocycles.